The van der Waals surface area contributed by atoms with Gasteiger partial charge in [-0.25, -0.2) is 15.0 Å². The van der Waals surface area contributed by atoms with E-state index < -0.39 is 11.9 Å². The van der Waals surface area contributed by atoms with Gasteiger partial charge < -0.3 is 14.2 Å². The Labute approximate surface area is 162 Å². The van der Waals surface area contributed by atoms with Gasteiger partial charge in [-0.15, -0.1) is 0 Å². The van der Waals surface area contributed by atoms with Gasteiger partial charge in [0.25, 0.3) is 0 Å². The van der Waals surface area contributed by atoms with E-state index in [1.165, 1.54) is 23.0 Å². The van der Waals surface area contributed by atoms with E-state index in [0.29, 0.717) is 48.4 Å². The maximum atomic E-state index is 13.0. The maximum absolute atomic E-state index is 13.0. The smallest absolute Gasteiger partial charge is 0.352 e. The van der Waals surface area contributed by atoms with Gasteiger partial charge in [0.05, 0.1) is 10.6 Å². The lowest BCUT2D eigenvalue weighted by atomic mass is 10.2. The molecule has 0 aromatic carbocycles. The summed E-state index contributed by atoms with van der Waals surface area (Å²) in [5.74, 6) is 0.975. The molecule has 3 aromatic rings. The molecule has 0 radical (unpaired) electrons. The standard InChI is InChI=1S/C17H13ClF3N7/c18-12-7-11(8-22)9-24-14(12)26-3-5-27(6-4-26)15-16-25-13(17(19,20)21)10-28(16)2-1-23-15/h1-2,7,9-10H,3-6H2. The minimum Gasteiger partial charge on any atom is -0.352 e. The Morgan fingerprint density at radius 2 is 1.75 bits per heavy atom. The summed E-state index contributed by atoms with van der Waals surface area (Å²) < 4.78 is 40.3. The molecule has 4 heterocycles. The average molecular weight is 408 g/mol. The second-order valence-corrected chi connectivity index (χ2v) is 6.63. The minimum absolute atomic E-state index is 0.165. The minimum atomic E-state index is -4.51. The normalized spacial score (nSPS) is 15.1. The van der Waals surface area contributed by atoms with Crippen molar-refractivity contribution in [3.8, 4) is 6.07 Å². The van der Waals surface area contributed by atoms with E-state index in [2.05, 4.69) is 15.0 Å². The van der Waals surface area contributed by atoms with Crippen LogP contribution >= 0.6 is 11.6 Å². The molecule has 4 rings (SSSR count). The summed E-state index contributed by atoms with van der Waals surface area (Å²) in [5, 5.41) is 9.29. The van der Waals surface area contributed by atoms with Crippen molar-refractivity contribution in [2.45, 2.75) is 6.18 Å². The lowest BCUT2D eigenvalue weighted by molar-refractivity contribution is -0.140. The summed E-state index contributed by atoms with van der Waals surface area (Å²) in [6, 6.07) is 3.54. The largest absolute Gasteiger partial charge is 0.434 e. The molecule has 144 valence electrons. The van der Waals surface area contributed by atoms with Crippen LogP contribution < -0.4 is 9.80 Å². The third-order valence-electron chi connectivity index (χ3n) is 4.48. The third kappa shape index (κ3) is 3.29. The summed E-state index contributed by atoms with van der Waals surface area (Å²) >= 11 is 6.22. The van der Waals surface area contributed by atoms with E-state index in [4.69, 9.17) is 16.9 Å². The molecule has 1 saturated heterocycles. The van der Waals surface area contributed by atoms with Gasteiger partial charge in [-0.1, -0.05) is 11.6 Å². The Morgan fingerprint density at radius 3 is 2.36 bits per heavy atom. The van der Waals surface area contributed by atoms with Crippen LogP contribution in [0.3, 0.4) is 0 Å². The van der Waals surface area contributed by atoms with Gasteiger partial charge in [-0.05, 0) is 6.07 Å². The van der Waals surface area contributed by atoms with Gasteiger partial charge in [-0.3, -0.25) is 0 Å². The van der Waals surface area contributed by atoms with Crippen LogP contribution in [0, 0.1) is 11.3 Å². The summed E-state index contributed by atoms with van der Waals surface area (Å²) in [4.78, 5) is 16.1. The molecule has 28 heavy (non-hydrogen) atoms. The van der Waals surface area contributed by atoms with Crippen LogP contribution in [0.1, 0.15) is 11.3 Å². The van der Waals surface area contributed by atoms with E-state index in [-0.39, 0.29) is 5.65 Å². The van der Waals surface area contributed by atoms with Crippen molar-refractivity contribution in [2.24, 2.45) is 0 Å². The molecule has 0 bridgehead atoms. The number of imidazole rings is 1. The first-order chi connectivity index (χ1) is 13.4. The number of aromatic nitrogens is 4. The molecular formula is C17H13ClF3N7. The van der Waals surface area contributed by atoms with Crippen LogP contribution in [0.15, 0.2) is 30.9 Å². The Bertz CT molecular complexity index is 1060. The fraction of sp³-hybridized carbons (Fsp3) is 0.294. The number of nitrogens with zero attached hydrogens (tertiary/aromatic N) is 7. The number of pyridine rings is 1. The number of piperazine rings is 1. The fourth-order valence-electron chi connectivity index (χ4n) is 3.12. The van der Waals surface area contributed by atoms with Gasteiger partial charge in [0.2, 0.25) is 0 Å². The number of rotatable bonds is 2. The number of halogens is 4. The molecular weight excluding hydrogens is 395 g/mol. The van der Waals surface area contributed by atoms with Gasteiger partial charge in [0.1, 0.15) is 11.9 Å². The number of anilines is 2. The van der Waals surface area contributed by atoms with Crippen LogP contribution in [-0.2, 0) is 6.18 Å². The number of fused-ring (bicyclic) bond motifs is 1. The van der Waals surface area contributed by atoms with Crippen molar-refractivity contribution >= 4 is 28.9 Å². The van der Waals surface area contributed by atoms with Crippen molar-refractivity contribution in [1.82, 2.24) is 19.4 Å². The SMILES string of the molecule is N#Cc1cnc(N2CCN(c3nccn4cc(C(F)(F)F)nc34)CC2)c(Cl)c1. The molecule has 0 aliphatic carbocycles. The predicted molar refractivity (Wildman–Crippen MR) is 96.4 cm³/mol. The third-order valence-corrected chi connectivity index (χ3v) is 4.75. The lowest BCUT2D eigenvalue weighted by Gasteiger charge is -2.36. The van der Waals surface area contributed by atoms with E-state index in [1.807, 2.05) is 15.9 Å². The molecule has 1 aliphatic rings. The molecule has 0 unspecified atom stereocenters. The molecule has 1 fully saturated rings. The van der Waals surface area contributed by atoms with Gasteiger partial charge in [0, 0.05) is 51.0 Å². The topological polar surface area (TPSA) is 73.4 Å². The quantitative estimate of drug-likeness (QED) is 0.650. The summed E-state index contributed by atoms with van der Waals surface area (Å²) in [5.41, 5.74) is -0.408. The van der Waals surface area contributed by atoms with E-state index in [0.717, 1.165) is 6.20 Å². The highest BCUT2D eigenvalue weighted by Crippen LogP contribution is 2.31. The van der Waals surface area contributed by atoms with Crippen molar-refractivity contribution in [1.29, 1.82) is 5.26 Å². The molecule has 0 saturated carbocycles. The highest BCUT2D eigenvalue weighted by molar-refractivity contribution is 6.33. The predicted octanol–water partition coefficient (Wildman–Crippen LogP) is 2.99. The number of nitriles is 1. The van der Waals surface area contributed by atoms with Gasteiger partial charge >= 0.3 is 6.18 Å². The summed E-state index contributed by atoms with van der Waals surface area (Å²) in [6.45, 7) is 2.13. The van der Waals surface area contributed by atoms with Crippen molar-refractivity contribution < 1.29 is 13.2 Å². The lowest BCUT2D eigenvalue weighted by Crippen LogP contribution is -2.47. The molecule has 1 aliphatic heterocycles. The highest BCUT2D eigenvalue weighted by Gasteiger charge is 2.35. The fourth-order valence-corrected chi connectivity index (χ4v) is 3.41. The zero-order valence-corrected chi connectivity index (χ0v) is 15.1. The maximum Gasteiger partial charge on any atom is 0.434 e. The van der Waals surface area contributed by atoms with Crippen molar-refractivity contribution in [3.05, 3.63) is 47.1 Å². The van der Waals surface area contributed by atoms with E-state index in [1.54, 1.807) is 6.07 Å². The molecule has 0 atom stereocenters. The average Bonchev–Trinajstić information content (AvgIpc) is 3.13. The van der Waals surface area contributed by atoms with Crippen molar-refractivity contribution in [3.63, 3.8) is 0 Å². The first-order valence-corrected chi connectivity index (χ1v) is 8.71. The first-order valence-electron chi connectivity index (χ1n) is 8.33. The number of hydrogen-bond acceptors (Lipinski definition) is 6. The zero-order chi connectivity index (χ0) is 19.9. The Hall–Kier alpha value is -3.06. The zero-order valence-electron chi connectivity index (χ0n) is 14.4. The van der Waals surface area contributed by atoms with E-state index in [9.17, 15) is 13.2 Å². The van der Waals surface area contributed by atoms with Crippen LogP contribution in [0.4, 0.5) is 24.8 Å². The molecule has 3 aromatic heterocycles. The Kier molecular flexibility index (Phi) is 4.47. The Morgan fingerprint density at radius 1 is 1.07 bits per heavy atom. The summed E-state index contributed by atoms with van der Waals surface area (Å²) in [7, 11) is 0. The molecule has 0 amide bonds. The second-order valence-electron chi connectivity index (χ2n) is 6.22. The van der Waals surface area contributed by atoms with Gasteiger partial charge in [-0.2, -0.15) is 18.4 Å². The molecule has 0 N–H and O–H groups in total. The monoisotopic (exact) mass is 407 g/mol. The van der Waals surface area contributed by atoms with Crippen LogP contribution in [0.5, 0.6) is 0 Å². The summed E-state index contributed by atoms with van der Waals surface area (Å²) in [6.07, 6.45) is 0.795. The molecule has 11 heteroatoms. The Balaban J connectivity index is 1.56. The molecule has 0 spiro atoms. The number of hydrogen-bond donors (Lipinski definition) is 0. The van der Waals surface area contributed by atoms with Crippen LogP contribution in [-0.4, -0.2) is 45.5 Å². The number of alkyl halides is 3. The van der Waals surface area contributed by atoms with Crippen molar-refractivity contribution in [2.75, 3.05) is 36.0 Å². The molecule has 7 nitrogen and oxygen atoms in total. The van der Waals surface area contributed by atoms with Crippen LogP contribution in [0.2, 0.25) is 5.02 Å². The van der Waals surface area contributed by atoms with E-state index >= 15 is 0 Å². The highest BCUT2D eigenvalue weighted by atomic mass is 35.5. The van der Waals surface area contributed by atoms with Crippen LogP contribution in [0.25, 0.3) is 5.65 Å². The first kappa shape index (κ1) is 18.3. The van der Waals surface area contributed by atoms with Gasteiger partial charge in [0.15, 0.2) is 17.2 Å². The second kappa shape index (κ2) is 6.83.